The van der Waals surface area contributed by atoms with Crippen LogP contribution in [0.25, 0.3) is 0 Å². The Labute approximate surface area is 129 Å². The Morgan fingerprint density at radius 3 is 2.67 bits per heavy atom. The first-order chi connectivity index (χ1) is 10.1. The lowest BCUT2D eigenvalue weighted by atomic mass is 9.45. The third-order valence-electron chi connectivity index (χ3n) is 8.19. The molecular formula is C19H31NO. The van der Waals surface area contributed by atoms with Crippen molar-refractivity contribution in [3.63, 3.8) is 0 Å². The van der Waals surface area contributed by atoms with Crippen molar-refractivity contribution >= 4 is 5.71 Å². The molecule has 0 heterocycles. The van der Waals surface area contributed by atoms with Gasteiger partial charge in [-0.2, -0.15) is 0 Å². The van der Waals surface area contributed by atoms with Gasteiger partial charge in [0.25, 0.3) is 0 Å². The van der Waals surface area contributed by atoms with E-state index in [0.717, 1.165) is 24.2 Å². The molecule has 0 bridgehead atoms. The minimum absolute atomic E-state index is 0.423. The zero-order valence-corrected chi connectivity index (χ0v) is 13.8. The molecule has 2 nitrogen and oxygen atoms in total. The summed E-state index contributed by atoms with van der Waals surface area (Å²) in [6, 6.07) is 0. The average molecular weight is 289 g/mol. The molecule has 6 atom stereocenters. The molecule has 21 heavy (non-hydrogen) atoms. The van der Waals surface area contributed by atoms with E-state index >= 15 is 0 Å². The maximum atomic E-state index is 9.76. The van der Waals surface area contributed by atoms with Crippen LogP contribution in [0.3, 0.4) is 0 Å². The molecule has 4 rings (SSSR count). The topological polar surface area (TPSA) is 32.6 Å². The van der Waals surface area contributed by atoms with Crippen LogP contribution in [0.1, 0.15) is 78.1 Å². The fraction of sp³-hybridized carbons (Fsp3) is 0.947. The Hall–Kier alpha value is -0.530. The van der Waals surface area contributed by atoms with Crippen LogP contribution in [0.5, 0.6) is 0 Å². The van der Waals surface area contributed by atoms with Crippen LogP contribution < -0.4 is 0 Å². The number of rotatable bonds is 0. The van der Waals surface area contributed by atoms with E-state index in [0.29, 0.717) is 16.7 Å². The summed E-state index contributed by atoms with van der Waals surface area (Å²) in [6.07, 6.45) is 13.6. The third kappa shape index (κ3) is 1.86. The molecule has 0 amide bonds. The molecule has 1 N–H and O–H groups in total. The van der Waals surface area contributed by atoms with Gasteiger partial charge in [0.15, 0.2) is 0 Å². The summed E-state index contributed by atoms with van der Waals surface area (Å²) in [7, 11) is 0. The van der Waals surface area contributed by atoms with E-state index in [1.165, 1.54) is 63.5 Å². The summed E-state index contributed by atoms with van der Waals surface area (Å²) < 4.78 is 0. The quantitative estimate of drug-likeness (QED) is 0.479. The smallest absolute Gasteiger partial charge is 0.0615 e. The van der Waals surface area contributed by atoms with E-state index in [1.807, 2.05) is 0 Å². The highest BCUT2D eigenvalue weighted by atomic mass is 16.4. The van der Waals surface area contributed by atoms with Gasteiger partial charge >= 0.3 is 0 Å². The van der Waals surface area contributed by atoms with E-state index < -0.39 is 0 Å². The van der Waals surface area contributed by atoms with Crippen molar-refractivity contribution in [1.29, 1.82) is 0 Å². The second kappa shape index (κ2) is 4.73. The third-order valence-corrected chi connectivity index (χ3v) is 8.19. The summed E-state index contributed by atoms with van der Waals surface area (Å²) in [5, 5.41) is 13.6. The fourth-order valence-electron chi connectivity index (χ4n) is 7.26. The van der Waals surface area contributed by atoms with Crippen molar-refractivity contribution in [2.45, 2.75) is 78.1 Å². The van der Waals surface area contributed by atoms with Crippen molar-refractivity contribution in [3.05, 3.63) is 0 Å². The van der Waals surface area contributed by atoms with Crippen LogP contribution >= 0.6 is 0 Å². The fourth-order valence-corrected chi connectivity index (χ4v) is 7.26. The SMILES string of the molecule is C[C@@]12CCCC1C1CCC3CCCC[C@]3(C)C1/C(=N\O)C2. The Bertz CT molecular complexity index is 458. The largest absolute Gasteiger partial charge is 0.411 e. The Morgan fingerprint density at radius 1 is 1.00 bits per heavy atom. The van der Waals surface area contributed by atoms with Gasteiger partial charge in [0.1, 0.15) is 0 Å². The highest BCUT2D eigenvalue weighted by Crippen LogP contribution is 2.65. The van der Waals surface area contributed by atoms with Gasteiger partial charge < -0.3 is 5.21 Å². The predicted octanol–water partition coefficient (Wildman–Crippen LogP) is 5.25. The van der Waals surface area contributed by atoms with Crippen molar-refractivity contribution in [1.82, 2.24) is 0 Å². The minimum atomic E-state index is 0.423. The molecule has 4 unspecified atom stereocenters. The number of hydrogen-bond donors (Lipinski definition) is 1. The van der Waals surface area contributed by atoms with Gasteiger partial charge in [0, 0.05) is 5.92 Å². The molecule has 4 fully saturated rings. The summed E-state index contributed by atoms with van der Waals surface area (Å²) in [5.41, 5.74) is 2.03. The van der Waals surface area contributed by atoms with Crippen molar-refractivity contribution in [3.8, 4) is 0 Å². The number of fused-ring (bicyclic) bond motifs is 5. The molecule has 0 aromatic rings. The summed E-state index contributed by atoms with van der Waals surface area (Å²) in [5.74, 6) is 3.16. The molecule has 0 aliphatic heterocycles. The lowest BCUT2D eigenvalue weighted by molar-refractivity contribution is -0.0527. The van der Waals surface area contributed by atoms with Crippen molar-refractivity contribution in [2.24, 2.45) is 39.7 Å². The maximum absolute atomic E-state index is 9.76. The second-order valence-corrected chi connectivity index (χ2v) is 9.09. The summed E-state index contributed by atoms with van der Waals surface area (Å²) in [6.45, 7) is 5.01. The van der Waals surface area contributed by atoms with Gasteiger partial charge in [-0.3, -0.25) is 0 Å². The van der Waals surface area contributed by atoms with Crippen molar-refractivity contribution < 1.29 is 5.21 Å². The monoisotopic (exact) mass is 289 g/mol. The molecule has 0 spiro atoms. The summed E-state index contributed by atoms with van der Waals surface area (Å²) >= 11 is 0. The molecule has 4 aliphatic rings. The zero-order chi connectivity index (χ0) is 14.7. The zero-order valence-electron chi connectivity index (χ0n) is 13.8. The lowest BCUT2D eigenvalue weighted by Crippen LogP contribution is -2.55. The molecule has 0 aromatic carbocycles. The molecule has 0 aromatic heterocycles. The first-order valence-corrected chi connectivity index (χ1v) is 9.29. The van der Waals surface area contributed by atoms with E-state index in [-0.39, 0.29) is 0 Å². The van der Waals surface area contributed by atoms with E-state index in [4.69, 9.17) is 0 Å². The van der Waals surface area contributed by atoms with Crippen molar-refractivity contribution in [2.75, 3.05) is 0 Å². The van der Waals surface area contributed by atoms with Crippen LogP contribution in [0.2, 0.25) is 0 Å². The number of nitrogens with zero attached hydrogens (tertiary/aromatic N) is 1. The van der Waals surface area contributed by atoms with E-state index in [9.17, 15) is 5.21 Å². The normalized spacial score (nSPS) is 54.9. The highest BCUT2D eigenvalue weighted by molar-refractivity contribution is 5.89. The maximum Gasteiger partial charge on any atom is 0.0615 e. The van der Waals surface area contributed by atoms with Crippen LogP contribution in [0, 0.1) is 34.5 Å². The Balaban J connectivity index is 1.75. The van der Waals surface area contributed by atoms with Gasteiger partial charge in [-0.25, -0.2) is 0 Å². The molecule has 0 saturated heterocycles. The van der Waals surface area contributed by atoms with Crippen LogP contribution in [-0.2, 0) is 0 Å². The van der Waals surface area contributed by atoms with Crippen LogP contribution in [-0.4, -0.2) is 10.9 Å². The predicted molar refractivity (Wildman–Crippen MR) is 85.6 cm³/mol. The number of hydrogen-bond acceptors (Lipinski definition) is 2. The van der Waals surface area contributed by atoms with Gasteiger partial charge in [-0.05, 0) is 73.5 Å². The van der Waals surface area contributed by atoms with Gasteiger partial charge in [0.2, 0.25) is 0 Å². The Morgan fingerprint density at radius 2 is 1.86 bits per heavy atom. The molecule has 118 valence electrons. The summed E-state index contributed by atoms with van der Waals surface area (Å²) in [4.78, 5) is 0. The first-order valence-electron chi connectivity index (χ1n) is 9.29. The molecule has 0 radical (unpaired) electrons. The van der Waals surface area contributed by atoms with E-state index in [2.05, 4.69) is 19.0 Å². The molecule has 2 heteroatoms. The number of oxime groups is 1. The lowest BCUT2D eigenvalue weighted by Gasteiger charge is -2.59. The van der Waals surface area contributed by atoms with Crippen LogP contribution in [0.4, 0.5) is 0 Å². The highest BCUT2D eigenvalue weighted by Gasteiger charge is 2.59. The molecule has 4 saturated carbocycles. The first kappa shape index (κ1) is 14.1. The minimum Gasteiger partial charge on any atom is -0.411 e. The molecular weight excluding hydrogens is 258 g/mol. The van der Waals surface area contributed by atoms with Gasteiger partial charge in [0.05, 0.1) is 5.71 Å². The van der Waals surface area contributed by atoms with Crippen LogP contribution in [0.15, 0.2) is 5.16 Å². The van der Waals surface area contributed by atoms with Gasteiger partial charge in [-0.1, -0.05) is 38.3 Å². The van der Waals surface area contributed by atoms with E-state index in [1.54, 1.807) is 0 Å². The van der Waals surface area contributed by atoms with Gasteiger partial charge in [-0.15, -0.1) is 0 Å². The standard InChI is InChI=1S/C19H31NO/c1-18-10-5-7-15(18)14-9-8-13-6-3-4-11-19(13,2)17(14)16(12-18)20-21/h13-15,17,21H,3-12H2,1-2H3/b20-16-/t13?,14?,15?,17?,18-,19-/m0/s1. The Kier molecular flexibility index (Phi) is 3.17. The second-order valence-electron chi connectivity index (χ2n) is 9.09. The average Bonchev–Trinajstić information content (AvgIpc) is 2.87. The molecule has 4 aliphatic carbocycles.